The van der Waals surface area contributed by atoms with Gasteiger partial charge in [0.05, 0.1) is 5.56 Å². The largest absolute Gasteiger partial charge is 0.478 e. The number of nitrogens with zero attached hydrogens (tertiary/aromatic N) is 2. The number of rotatable bonds is 6. The molecule has 1 aliphatic rings. The Morgan fingerprint density at radius 3 is 2.00 bits per heavy atom. The molecule has 1 fully saturated rings. The second kappa shape index (κ2) is 8.93. The first-order valence-electron chi connectivity index (χ1n) is 10.1. The summed E-state index contributed by atoms with van der Waals surface area (Å²) < 4.78 is 0. The van der Waals surface area contributed by atoms with Crippen LogP contribution in [-0.2, 0) is 6.42 Å². The van der Waals surface area contributed by atoms with Crippen LogP contribution in [0, 0.1) is 0 Å². The molecule has 0 aromatic heterocycles. The molecule has 0 unspecified atom stereocenters. The van der Waals surface area contributed by atoms with Crippen molar-refractivity contribution in [1.82, 2.24) is 4.90 Å². The minimum atomic E-state index is -0.871. The van der Waals surface area contributed by atoms with E-state index in [1.165, 1.54) is 22.4 Å². The predicted molar refractivity (Wildman–Crippen MR) is 118 cm³/mol. The quantitative estimate of drug-likeness (QED) is 0.681. The Labute approximate surface area is 172 Å². The molecule has 3 aromatic rings. The third kappa shape index (κ3) is 4.84. The molecule has 1 N–H and O–H groups in total. The van der Waals surface area contributed by atoms with Gasteiger partial charge in [-0.2, -0.15) is 0 Å². The Balaban J connectivity index is 1.27. The molecule has 4 rings (SSSR count). The molecular weight excluding hydrogens is 360 g/mol. The average Bonchev–Trinajstić information content (AvgIpc) is 2.79. The molecule has 1 saturated heterocycles. The van der Waals surface area contributed by atoms with Gasteiger partial charge in [-0.15, -0.1) is 0 Å². The van der Waals surface area contributed by atoms with E-state index < -0.39 is 5.97 Å². The highest BCUT2D eigenvalue weighted by molar-refractivity contribution is 5.87. The molecule has 1 heterocycles. The number of benzene rings is 3. The highest BCUT2D eigenvalue weighted by Gasteiger charge is 2.17. The standard InChI is InChI=1S/C25H26N2O2/c28-25(29)23-8-6-20(7-9-23)14-15-26-16-18-27(19-17-26)24-12-10-22(11-13-24)21-4-2-1-3-5-21/h1-13H,14-19H2,(H,28,29). The molecule has 0 spiro atoms. The maximum Gasteiger partial charge on any atom is 0.335 e. The van der Waals surface area contributed by atoms with Gasteiger partial charge in [0.15, 0.2) is 0 Å². The maximum atomic E-state index is 10.9. The number of hydrogen-bond acceptors (Lipinski definition) is 3. The van der Waals surface area contributed by atoms with Crippen LogP contribution in [0.25, 0.3) is 11.1 Å². The molecular formula is C25H26N2O2. The van der Waals surface area contributed by atoms with Gasteiger partial charge in [-0.3, -0.25) is 4.90 Å². The summed E-state index contributed by atoms with van der Waals surface area (Å²) in [5.41, 5.74) is 5.32. The molecule has 0 saturated carbocycles. The molecule has 148 valence electrons. The zero-order valence-corrected chi connectivity index (χ0v) is 16.5. The Kier molecular flexibility index (Phi) is 5.92. The lowest BCUT2D eigenvalue weighted by Crippen LogP contribution is -2.47. The summed E-state index contributed by atoms with van der Waals surface area (Å²) in [6, 6.07) is 26.6. The topological polar surface area (TPSA) is 43.8 Å². The zero-order chi connectivity index (χ0) is 20.1. The van der Waals surface area contributed by atoms with E-state index in [4.69, 9.17) is 5.11 Å². The first-order valence-corrected chi connectivity index (χ1v) is 10.1. The molecule has 29 heavy (non-hydrogen) atoms. The number of anilines is 1. The fraction of sp³-hybridized carbons (Fsp3) is 0.240. The Morgan fingerprint density at radius 2 is 1.38 bits per heavy atom. The summed E-state index contributed by atoms with van der Waals surface area (Å²) in [5, 5.41) is 8.99. The molecule has 4 heteroatoms. The number of hydrogen-bond donors (Lipinski definition) is 1. The van der Waals surface area contributed by atoms with E-state index in [1.807, 2.05) is 18.2 Å². The van der Waals surface area contributed by atoms with Crippen LogP contribution >= 0.6 is 0 Å². The van der Waals surface area contributed by atoms with Gasteiger partial charge < -0.3 is 10.0 Å². The van der Waals surface area contributed by atoms with Crippen molar-refractivity contribution in [3.8, 4) is 11.1 Å². The number of aromatic carboxylic acids is 1. The summed E-state index contributed by atoms with van der Waals surface area (Å²) in [7, 11) is 0. The van der Waals surface area contributed by atoms with Crippen LogP contribution in [-0.4, -0.2) is 48.7 Å². The first kappa shape index (κ1) is 19.2. The fourth-order valence-corrected chi connectivity index (χ4v) is 3.83. The number of carbonyl (C=O) groups is 1. The number of piperazine rings is 1. The highest BCUT2D eigenvalue weighted by Crippen LogP contribution is 2.23. The Morgan fingerprint density at radius 1 is 0.759 bits per heavy atom. The minimum absolute atomic E-state index is 0.348. The van der Waals surface area contributed by atoms with Crippen LogP contribution in [0.3, 0.4) is 0 Å². The fourth-order valence-electron chi connectivity index (χ4n) is 3.83. The summed E-state index contributed by atoms with van der Waals surface area (Å²) in [5.74, 6) is -0.871. The third-order valence-corrected chi connectivity index (χ3v) is 5.63. The molecule has 0 aliphatic carbocycles. The van der Waals surface area contributed by atoms with Crippen molar-refractivity contribution in [2.45, 2.75) is 6.42 Å². The van der Waals surface area contributed by atoms with Crippen molar-refractivity contribution in [1.29, 1.82) is 0 Å². The Hall–Kier alpha value is -3.11. The summed E-state index contributed by atoms with van der Waals surface area (Å²) in [6.07, 6.45) is 0.950. The SMILES string of the molecule is O=C(O)c1ccc(CCN2CCN(c3ccc(-c4ccccc4)cc3)CC2)cc1. The van der Waals surface area contributed by atoms with Crippen LogP contribution in [0.2, 0.25) is 0 Å². The molecule has 0 amide bonds. The van der Waals surface area contributed by atoms with Gasteiger partial charge >= 0.3 is 5.97 Å². The van der Waals surface area contributed by atoms with E-state index in [2.05, 4.69) is 58.3 Å². The van der Waals surface area contributed by atoms with E-state index >= 15 is 0 Å². The second-order valence-electron chi connectivity index (χ2n) is 7.49. The summed E-state index contributed by atoms with van der Waals surface area (Å²) in [6.45, 7) is 5.17. The van der Waals surface area contributed by atoms with Crippen LogP contribution in [0.4, 0.5) is 5.69 Å². The second-order valence-corrected chi connectivity index (χ2v) is 7.49. The minimum Gasteiger partial charge on any atom is -0.478 e. The molecule has 1 aliphatic heterocycles. The zero-order valence-electron chi connectivity index (χ0n) is 16.5. The van der Waals surface area contributed by atoms with Crippen LogP contribution in [0.15, 0.2) is 78.9 Å². The van der Waals surface area contributed by atoms with Gasteiger partial charge in [0.1, 0.15) is 0 Å². The lowest BCUT2D eigenvalue weighted by atomic mass is 10.1. The monoisotopic (exact) mass is 386 g/mol. The van der Waals surface area contributed by atoms with Crippen LogP contribution in [0.1, 0.15) is 15.9 Å². The van der Waals surface area contributed by atoms with Gasteiger partial charge in [-0.25, -0.2) is 4.79 Å². The van der Waals surface area contributed by atoms with Crippen LogP contribution < -0.4 is 4.90 Å². The number of carboxylic acid groups (broad SMARTS) is 1. The van der Waals surface area contributed by atoms with E-state index in [1.54, 1.807) is 12.1 Å². The van der Waals surface area contributed by atoms with Gasteiger partial charge in [0.2, 0.25) is 0 Å². The predicted octanol–water partition coefficient (Wildman–Crippen LogP) is 4.42. The molecule has 4 nitrogen and oxygen atoms in total. The summed E-state index contributed by atoms with van der Waals surface area (Å²) in [4.78, 5) is 15.9. The van der Waals surface area contributed by atoms with Gasteiger partial charge in [0, 0.05) is 38.4 Å². The molecule has 0 radical (unpaired) electrons. The van der Waals surface area contributed by atoms with Gasteiger partial charge in [-0.05, 0) is 47.4 Å². The van der Waals surface area contributed by atoms with E-state index in [0.29, 0.717) is 5.56 Å². The average molecular weight is 386 g/mol. The van der Waals surface area contributed by atoms with Gasteiger partial charge in [0.25, 0.3) is 0 Å². The Bertz CT molecular complexity index is 929. The summed E-state index contributed by atoms with van der Waals surface area (Å²) >= 11 is 0. The van der Waals surface area contributed by atoms with E-state index in [-0.39, 0.29) is 0 Å². The maximum absolute atomic E-state index is 10.9. The van der Waals surface area contributed by atoms with Crippen molar-refractivity contribution in [2.75, 3.05) is 37.6 Å². The van der Waals surface area contributed by atoms with Crippen LogP contribution in [0.5, 0.6) is 0 Å². The van der Waals surface area contributed by atoms with Crippen molar-refractivity contribution in [2.24, 2.45) is 0 Å². The third-order valence-electron chi connectivity index (χ3n) is 5.63. The van der Waals surface area contributed by atoms with Crippen molar-refractivity contribution in [3.63, 3.8) is 0 Å². The normalized spacial score (nSPS) is 14.7. The highest BCUT2D eigenvalue weighted by atomic mass is 16.4. The number of carboxylic acids is 1. The first-order chi connectivity index (χ1) is 14.2. The van der Waals surface area contributed by atoms with Crippen molar-refractivity contribution < 1.29 is 9.90 Å². The molecule has 0 bridgehead atoms. The lowest BCUT2D eigenvalue weighted by molar-refractivity contribution is 0.0697. The van der Waals surface area contributed by atoms with Crippen molar-refractivity contribution >= 4 is 11.7 Å². The lowest BCUT2D eigenvalue weighted by Gasteiger charge is -2.36. The molecule has 3 aromatic carbocycles. The smallest absolute Gasteiger partial charge is 0.335 e. The van der Waals surface area contributed by atoms with E-state index in [0.717, 1.165) is 39.1 Å². The van der Waals surface area contributed by atoms with Crippen molar-refractivity contribution in [3.05, 3.63) is 90.0 Å². The van der Waals surface area contributed by atoms with E-state index in [9.17, 15) is 4.79 Å². The molecule has 0 atom stereocenters. The van der Waals surface area contributed by atoms with Gasteiger partial charge in [-0.1, -0.05) is 54.6 Å².